The van der Waals surface area contributed by atoms with Crippen molar-refractivity contribution in [2.24, 2.45) is 33.7 Å². The highest BCUT2D eigenvalue weighted by molar-refractivity contribution is 5.85. The molecular formula is C25H35NO7. The highest BCUT2D eigenvalue weighted by Crippen LogP contribution is 2.70. The number of ether oxygens (including phenoxy) is 2. The second-order valence-electron chi connectivity index (χ2n) is 11.3. The summed E-state index contributed by atoms with van der Waals surface area (Å²) in [4.78, 5) is 23.3. The highest BCUT2D eigenvalue weighted by atomic mass is 16.5. The summed E-state index contributed by atoms with van der Waals surface area (Å²) >= 11 is 0. The molecule has 8 atom stereocenters. The first-order chi connectivity index (χ1) is 15.6. The van der Waals surface area contributed by atoms with Crippen molar-refractivity contribution in [1.82, 2.24) is 0 Å². The van der Waals surface area contributed by atoms with E-state index in [9.17, 15) is 25.0 Å². The van der Waals surface area contributed by atoms with Gasteiger partial charge in [0.05, 0.1) is 17.4 Å². The third-order valence-corrected chi connectivity index (χ3v) is 10.2. The van der Waals surface area contributed by atoms with Gasteiger partial charge in [-0.15, -0.1) is 5.16 Å². The summed E-state index contributed by atoms with van der Waals surface area (Å²) in [5.74, 6) is -0.661. The molecule has 0 bridgehead atoms. The number of esters is 2. The molecule has 182 valence electrons. The normalized spacial score (nSPS) is 49.1. The maximum atomic E-state index is 12.3. The van der Waals surface area contributed by atoms with Gasteiger partial charge in [-0.1, -0.05) is 6.92 Å². The van der Waals surface area contributed by atoms with E-state index in [-0.39, 0.29) is 41.2 Å². The van der Waals surface area contributed by atoms with E-state index in [1.54, 1.807) is 6.08 Å². The van der Waals surface area contributed by atoms with Crippen LogP contribution in [0.1, 0.15) is 71.6 Å². The number of oxime groups is 1. The van der Waals surface area contributed by atoms with Gasteiger partial charge in [0.2, 0.25) is 0 Å². The Labute approximate surface area is 194 Å². The molecule has 4 saturated carbocycles. The number of fused-ring (bicyclic) bond motifs is 5. The Morgan fingerprint density at radius 2 is 1.91 bits per heavy atom. The Hall–Kier alpha value is -1.93. The van der Waals surface area contributed by atoms with Crippen LogP contribution in [0.2, 0.25) is 0 Å². The van der Waals surface area contributed by atoms with Crippen molar-refractivity contribution in [2.45, 2.75) is 88.9 Å². The predicted molar refractivity (Wildman–Crippen MR) is 117 cm³/mol. The van der Waals surface area contributed by atoms with E-state index < -0.39 is 16.6 Å². The van der Waals surface area contributed by atoms with Gasteiger partial charge in [-0.3, -0.25) is 4.79 Å². The lowest BCUT2D eigenvalue weighted by Gasteiger charge is -2.65. The van der Waals surface area contributed by atoms with E-state index in [1.807, 2.05) is 0 Å². The molecule has 5 aliphatic rings. The number of carbonyl (C=O) groups is 2. The number of hydrogen-bond acceptors (Lipinski definition) is 8. The van der Waals surface area contributed by atoms with Crippen molar-refractivity contribution < 1.29 is 34.5 Å². The Morgan fingerprint density at radius 3 is 2.58 bits per heavy atom. The molecule has 4 aliphatic carbocycles. The maximum Gasteiger partial charge on any atom is 0.331 e. The molecule has 3 N–H and O–H groups in total. The minimum Gasteiger partial charge on any atom is -0.462 e. The van der Waals surface area contributed by atoms with Crippen LogP contribution in [-0.2, 0) is 19.1 Å². The van der Waals surface area contributed by atoms with Gasteiger partial charge in [0.15, 0.2) is 0 Å². The molecule has 33 heavy (non-hydrogen) atoms. The number of aliphatic hydroxyl groups is 2. The lowest BCUT2D eigenvalue weighted by atomic mass is 9.41. The summed E-state index contributed by atoms with van der Waals surface area (Å²) in [6, 6.07) is 0. The maximum absolute atomic E-state index is 12.3. The Kier molecular flexibility index (Phi) is 5.22. The summed E-state index contributed by atoms with van der Waals surface area (Å²) in [5.41, 5.74) is -2.26. The van der Waals surface area contributed by atoms with Crippen molar-refractivity contribution in [1.29, 1.82) is 0 Å². The average molecular weight is 462 g/mol. The summed E-state index contributed by atoms with van der Waals surface area (Å²) in [6.45, 7) is 3.84. The lowest BCUT2D eigenvalue weighted by Crippen LogP contribution is -2.69. The minimum atomic E-state index is -1.16. The van der Waals surface area contributed by atoms with Crippen LogP contribution in [-0.4, -0.2) is 57.5 Å². The summed E-state index contributed by atoms with van der Waals surface area (Å²) in [7, 11) is 0. The molecular weight excluding hydrogens is 426 g/mol. The third kappa shape index (κ3) is 3.05. The van der Waals surface area contributed by atoms with Crippen LogP contribution < -0.4 is 0 Å². The molecule has 4 fully saturated rings. The van der Waals surface area contributed by atoms with Crippen molar-refractivity contribution >= 4 is 18.2 Å². The van der Waals surface area contributed by atoms with Crippen molar-refractivity contribution in [3.8, 4) is 0 Å². The quantitative estimate of drug-likeness (QED) is 0.255. The van der Waals surface area contributed by atoms with Crippen LogP contribution in [0.15, 0.2) is 16.8 Å². The fourth-order valence-electron chi connectivity index (χ4n) is 8.78. The monoisotopic (exact) mass is 461 g/mol. The standard InChI is InChI=1S/C25H35NO7/c1-15(27)33-17-3-8-23(14-26-31)19-4-7-22(2)18(16-11-21(28)32-13-16)6-10-25(22,30)20(19)5-9-24(23,29)12-17/h11,14,17-20,29-31H,3-10,12-13H2,1-2H3/t17-,18+,19-,20+,22+,23-,24-,25-/m0/s1. The first-order valence-electron chi connectivity index (χ1n) is 12.3. The molecule has 0 aromatic carbocycles. The molecule has 0 spiro atoms. The van der Waals surface area contributed by atoms with Gasteiger partial charge >= 0.3 is 11.9 Å². The van der Waals surface area contributed by atoms with Crippen LogP contribution in [0.4, 0.5) is 0 Å². The number of hydrogen-bond donors (Lipinski definition) is 3. The van der Waals surface area contributed by atoms with Crippen LogP contribution in [0.3, 0.4) is 0 Å². The zero-order chi connectivity index (χ0) is 23.6. The molecule has 0 saturated heterocycles. The number of rotatable bonds is 3. The van der Waals surface area contributed by atoms with E-state index >= 15 is 0 Å². The topological polar surface area (TPSA) is 126 Å². The molecule has 1 heterocycles. The molecule has 1 aliphatic heterocycles. The van der Waals surface area contributed by atoms with E-state index in [1.165, 1.54) is 13.1 Å². The summed E-state index contributed by atoms with van der Waals surface area (Å²) in [5, 5.41) is 37.2. The molecule has 0 aromatic heterocycles. The number of cyclic esters (lactones) is 1. The lowest BCUT2D eigenvalue weighted by molar-refractivity contribution is -0.239. The van der Waals surface area contributed by atoms with Crippen molar-refractivity contribution in [3.63, 3.8) is 0 Å². The van der Waals surface area contributed by atoms with Crippen molar-refractivity contribution in [3.05, 3.63) is 11.6 Å². The average Bonchev–Trinajstić information content (AvgIpc) is 3.28. The van der Waals surface area contributed by atoms with Crippen LogP contribution in [0, 0.1) is 28.6 Å². The smallest absolute Gasteiger partial charge is 0.331 e. The van der Waals surface area contributed by atoms with Crippen LogP contribution in [0.25, 0.3) is 0 Å². The third-order valence-electron chi connectivity index (χ3n) is 10.2. The number of nitrogens with zero attached hydrogens (tertiary/aromatic N) is 1. The zero-order valence-electron chi connectivity index (χ0n) is 19.5. The molecule has 8 heteroatoms. The molecule has 5 rings (SSSR count). The largest absolute Gasteiger partial charge is 0.462 e. The SMILES string of the molecule is CC(=O)O[C@H]1CC[C@]2(C=NO)[C@H]3CC[C@]4(C)[C@@H](C5=CC(=O)OC5)CC[C@]4(O)[C@@H]3CC[C@]2(O)C1. The fourth-order valence-corrected chi connectivity index (χ4v) is 8.78. The van der Waals surface area contributed by atoms with Crippen LogP contribution in [0.5, 0.6) is 0 Å². The first kappa shape index (κ1) is 22.8. The van der Waals surface area contributed by atoms with Gasteiger partial charge in [-0.2, -0.15) is 0 Å². The van der Waals surface area contributed by atoms with Crippen LogP contribution >= 0.6 is 0 Å². The van der Waals surface area contributed by atoms with Gasteiger partial charge in [0.1, 0.15) is 12.7 Å². The van der Waals surface area contributed by atoms with E-state index in [0.29, 0.717) is 45.1 Å². The summed E-state index contributed by atoms with van der Waals surface area (Å²) in [6.07, 6.45) is 8.28. The van der Waals surface area contributed by atoms with Gasteiger partial charge in [0, 0.05) is 30.3 Å². The van der Waals surface area contributed by atoms with Gasteiger partial charge in [-0.05, 0) is 74.7 Å². The molecule has 0 radical (unpaired) electrons. The predicted octanol–water partition coefficient (Wildman–Crippen LogP) is 2.73. The number of carbonyl (C=O) groups excluding carboxylic acids is 2. The van der Waals surface area contributed by atoms with E-state index in [4.69, 9.17) is 9.47 Å². The molecule has 8 nitrogen and oxygen atoms in total. The van der Waals surface area contributed by atoms with Gasteiger partial charge in [0.25, 0.3) is 0 Å². The van der Waals surface area contributed by atoms with E-state index in [2.05, 4.69) is 12.1 Å². The van der Waals surface area contributed by atoms with Gasteiger partial charge < -0.3 is 24.9 Å². The molecule has 0 aromatic rings. The first-order valence-corrected chi connectivity index (χ1v) is 12.3. The minimum absolute atomic E-state index is 0.0438. The molecule has 0 unspecified atom stereocenters. The Bertz CT molecular complexity index is 916. The molecule has 0 amide bonds. The summed E-state index contributed by atoms with van der Waals surface area (Å²) < 4.78 is 10.6. The highest BCUT2D eigenvalue weighted by Gasteiger charge is 2.71. The Balaban J connectivity index is 1.48. The van der Waals surface area contributed by atoms with E-state index in [0.717, 1.165) is 24.8 Å². The zero-order valence-corrected chi connectivity index (χ0v) is 19.5. The van der Waals surface area contributed by atoms with Crippen molar-refractivity contribution in [2.75, 3.05) is 6.61 Å². The van der Waals surface area contributed by atoms with Gasteiger partial charge in [-0.25, -0.2) is 4.79 Å². The Morgan fingerprint density at radius 1 is 1.15 bits per heavy atom. The second-order valence-corrected chi connectivity index (χ2v) is 11.3. The second kappa shape index (κ2) is 7.54. The fraction of sp³-hybridized carbons (Fsp3) is 0.800.